The average Bonchev–Trinajstić information content (AvgIpc) is 2.85. The Morgan fingerprint density at radius 3 is 2.57 bits per heavy atom. The zero-order valence-electron chi connectivity index (χ0n) is 11.8. The molecule has 1 aromatic carbocycles. The molecule has 0 aliphatic carbocycles. The summed E-state index contributed by atoms with van der Waals surface area (Å²) in [5.74, 6) is 0.736. The predicted molar refractivity (Wildman–Crippen MR) is 88.4 cm³/mol. The molecule has 2 heterocycles. The Balaban J connectivity index is 2.05. The largest absolute Gasteiger partial charge is 0.396 e. The summed E-state index contributed by atoms with van der Waals surface area (Å²) in [6, 6.07) is 10.0. The summed E-state index contributed by atoms with van der Waals surface area (Å²) in [6.45, 7) is 4.18. The van der Waals surface area contributed by atoms with Crippen LogP contribution in [0.5, 0.6) is 0 Å². The molecule has 106 valence electrons. The molecule has 0 radical (unpaired) electrons. The number of nitrogens with zero attached hydrogens (tertiary/aromatic N) is 3. The second kappa shape index (κ2) is 5.33. The van der Waals surface area contributed by atoms with E-state index in [0.29, 0.717) is 5.69 Å². The molecule has 0 aliphatic rings. The van der Waals surface area contributed by atoms with Crippen LogP contribution in [0.1, 0.15) is 11.1 Å². The van der Waals surface area contributed by atoms with E-state index in [1.165, 1.54) is 11.1 Å². The first kappa shape index (κ1) is 13.8. The molecule has 3 aromatic rings. The van der Waals surface area contributed by atoms with Crippen LogP contribution in [-0.2, 0) is 0 Å². The molecule has 0 spiro atoms. The fourth-order valence-electron chi connectivity index (χ4n) is 2.12. The summed E-state index contributed by atoms with van der Waals surface area (Å²) in [7, 11) is 0. The second-order valence-corrected chi connectivity index (χ2v) is 5.93. The molecule has 0 saturated heterocycles. The first-order chi connectivity index (χ1) is 10.0. The van der Waals surface area contributed by atoms with E-state index in [-0.39, 0.29) is 0 Å². The highest BCUT2D eigenvalue weighted by molar-refractivity contribution is 9.10. The highest BCUT2D eigenvalue weighted by Gasteiger charge is 2.11. The van der Waals surface area contributed by atoms with E-state index < -0.39 is 0 Å². The average molecular weight is 343 g/mol. The molecule has 2 aromatic heterocycles. The number of benzene rings is 1. The minimum atomic E-state index is 0.642. The first-order valence-corrected chi connectivity index (χ1v) is 7.38. The second-order valence-electron chi connectivity index (χ2n) is 5.01. The van der Waals surface area contributed by atoms with Gasteiger partial charge in [-0.05, 0) is 59.1 Å². The molecule has 0 saturated carbocycles. The van der Waals surface area contributed by atoms with Gasteiger partial charge in [-0.3, -0.25) is 0 Å². The number of nitrogen functional groups attached to an aromatic ring is 1. The lowest BCUT2D eigenvalue weighted by atomic mass is 10.0. The molecule has 0 bridgehead atoms. The first-order valence-electron chi connectivity index (χ1n) is 6.59. The topological polar surface area (TPSA) is 56.7 Å². The van der Waals surface area contributed by atoms with Gasteiger partial charge in [-0.15, -0.1) is 0 Å². The Labute approximate surface area is 131 Å². The lowest BCUT2D eigenvalue weighted by Crippen LogP contribution is -1.97. The standard InChI is InChI=1S/C16H15BrN4/c1-10-3-4-12(7-11(10)2)16-14(18)9-21(20-16)15-6-5-13(17)8-19-15/h3-9H,18H2,1-2H3. The highest BCUT2D eigenvalue weighted by Crippen LogP contribution is 2.27. The van der Waals surface area contributed by atoms with E-state index in [0.717, 1.165) is 21.5 Å². The van der Waals surface area contributed by atoms with Crippen molar-refractivity contribution in [3.8, 4) is 17.1 Å². The van der Waals surface area contributed by atoms with Gasteiger partial charge in [0.05, 0.1) is 11.9 Å². The van der Waals surface area contributed by atoms with Gasteiger partial charge in [-0.1, -0.05) is 12.1 Å². The van der Waals surface area contributed by atoms with Crippen LogP contribution in [0.2, 0.25) is 0 Å². The predicted octanol–water partition coefficient (Wildman–Crippen LogP) is 3.90. The maximum absolute atomic E-state index is 6.11. The number of rotatable bonds is 2. The molecule has 3 rings (SSSR count). The summed E-state index contributed by atoms with van der Waals surface area (Å²) in [5, 5.41) is 4.56. The number of aryl methyl sites for hydroxylation is 2. The Bertz CT molecular complexity index is 791. The molecule has 0 fully saturated rings. The Morgan fingerprint density at radius 2 is 1.90 bits per heavy atom. The van der Waals surface area contributed by atoms with E-state index >= 15 is 0 Å². The van der Waals surface area contributed by atoms with Crippen LogP contribution in [0.4, 0.5) is 5.69 Å². The van der Waals surface area contributed by atoms with Crippen molar-refractivity contribution in [1.29, 1.82) is 0 Å². The Kier molecular flexibility index (Phi) is 3.51. The van der Waals surface area contributed by atoms with Gasteiger partial charge in [-0.2, -0.15) is 5.10 Å². The summed E-state index contributed by atoms with van der Waals surface area (Å²) in [4.78, 5) is 4.33. The summed E-state index contributed by atoms with van der Waals surface area (Å²) in [5.41, 5.74) is 11.0. The van der Waals surface area contributed by atoms with Crippen molar-refractivity contribution in [2.45, 2.75) is 13.8 Å². The molecule has 0 atom stereocenters. The number of anilines is 1. The van der Waals surface area contributed by atoms with Crippen LogP contribution in [-0.4, -0.2) is 14.8 Å². The molecule has 0 amide bonds. The zero-order chi connectivity index (χ0) is 15.0. The van der Waals surface area contributed by atoms with E-state index in [2.05, 4.69) is 52.0 Å². The van der Waals surface area contributed by atoms with Crippen LogP contribution < -0.4 is 5.73 Å². The van der Waals surface area contributed by atoms with Crippen LogP contribution in [0.3, 0.4) is 0 Å². The van der Waals surface area contributed by atoms with Gasteiger partial charge in [0.2, 0.25) is 0 Å². The molecule has 5 heteroatoms. The van der Waals surface area contributed by atoms with Crippen molar-refractivity contribution in [3.05, 3.63) is 58.3 Å². The van der Waals surface area contributed by atoms with Gasteiger partial charge in [0.1, 0.15) is 5.69 Å². The molecule has 4 nitrogen and oxygen atoms in total. The van der Waals surface area contributed by atoms with Crippen LogP contribution in [0, 0.1) is 13.8 Å². The van der Waals surface area contributed by atoms with E-state index in [4.69, 9.17) is 5.73 Å². The molecule has 0 unspecified atom stereocenters. The maximum Gasteiger partial charge on any atom is 0.153 e. The molecular formula is C16H15BrN4. The Morgan fingerprint density at radius 1 is 1.10 bits per heavy atom. The fraction of sp³-hybridized carbons (Fsp3) is 0.125. The highest BCUT2D eigenvalue weighted by atomic mass is 79.9. The van der Waals surface area contributed by atoms with Gasteiger partial charge in [0, 0.05) is 16.2 Å². The number of pyridine rings is 1. The lowest BCUT2D eigenvalue weighted by molar-refractivity contribution is 0.849. The summed E-state index contributed by atoms with van der Waals surface area (Å²) < 4.78 is 2.63. The minimum Gasteiger partial charge on any atom is -0.396 e. The summed E-state index contributed by atoms with van der Waals surface area (Å²) >= 11 is 3.37. The van der Waals surface area contributed by atoms with Gasteiger partial charge >= 0.3 is 0 Å². The van der Waals surface area contributed by atoms with Crippen LogP contribution >= 0.6 is 15.9 Å². The normalized spacial score (nSPS) is 10.8. The SMILES string of the molecule is Cc1ccc(-c2nn(-c3ccc(Br)cn3)cc2N)cc1C. The Hall–Kier alpha value is -2.14. The van der Waals surface area contributed by atoms with Crippen LogP contribution in [0.15, 0.2) is 47.2 Å². The molecule has 0 aliphatic heterocycles. The van der Waals surface area contributed by atoms with Gasteiger partial charge in [0.25, 0.3) is 0 Å². The van der Waals surface area contributed by atoms with E-state index in [1.807, 2.05) is 18.2 Å². The third-order valence-corrected chi connectivity index (χ3v) is 3.94. The number of hydrogen-bond acceptors (Lipinski definition) is 3. The van der Waals surface area contributed by atoms with Crippen molar-refractivity contribution in [3.63, 3.8) is 0 Å². The summed E-state index contributed by atoms with van der Waals surface area (Å²) in [6.07, 6.45) is 3.53. The van der Waals surface area contributed by atoms with Crippen molar-refractivity contribution in [2.75, 3.05) is 5.73 Å². The van der Waals surface area contributed by atoms with E-state index in [9.17, 15) is 0 Å². The monoisotopic (exact) mass is 342 g/mol. The molecular weight excluding hydrogens is 328 g/mol. The number of hydrogen-bond donors (Lipinski definition) is 1. The number of nitrogens with two attached hydrogens (primary N) is 1. The van der Waals surface area contributed by atoms with Gasteiger partial charge in [0.15, 0.2) is 5.82 Å². The van der Waals surface area contributed by atoms with Gasteiger partial charge < -0.3 is 5.73 Å². The van der Waals surface area contributed by atoms with Crippen LogP contribution in [0.25, 0.3) is 17.1 Å². The van der Waals surface area contributed by atoms with Crippen molar-refractivity contribution < 1.29 is 0 Å². The van der Waals surface area contributed by atoms with Crippen molar-refractivity contribution >= 4 is 21.6 Å². The fourth-order valence-corrected chi connectivity index (χ4v) is 2.36. The smallest absolute Gasteiger partial charge is 0.153 e. The number of aromatic nitrogens is 3. The lowest BCUT2D eigenvalue weighted by Gasteiger charge is -2.03. The zero-order valence-corrected chi connectivity index (χ0v) is 13.4. The van der Waals surface area contributed by atoms with Crippen molar-refractivity contribution in [2.24, 2.45) is 0 Å². The third kappa shape index (κ3) is 2.69. The molecule has 21 heavy (non-hydrogen) atoms. The third-order valence-electron chi connectivity index (χ3n) is 3.47. The molecule has 2 N–H and O–H groups in total. The number of halogens is 1. The van der Waals surface area contributed by atoms with Crippen molar-refractivity contribution in [1.82, 2.24) is 14.8 Å². The maximum atomic E-state index is 6.11. The van der Waals surface area contributed by atoms with E-state index in [1.54, 1.807) is 17.1 Å². The quantitative estimate of drug-likeness (QED) is 0.768. The van der Waals surface area contributed by atoms with Gasteiger partial charge in [-0.25, -0.2) is 9.67 Å². The minimum absolute atomic E-state index is 0.642.